The molecule has 0 bridgehead atoms. The van der Waals surface area contributed by atoms with Crippen LogP contribution in [0.5, 0.6) is 11.5 Å². The van der Waals surface area contributed by atoms with E-state index >= 15 is 8.78 Å². The van der Waals surface area contributed by atoms with Crippen molar-refractivity contribution in [2.24, 2.45) is 0 Å². The van der Waals surface area contributed by atoms with Crippen LogP contribution in [0.25, 0.3) is 11.3 Å². The van der Waals surface area contributed by atoms with Crippen LogP contribution >= 0.6 is 0 Å². The number of alkyl halides is 2. The number of ether oxygens (including phenoxy) is 4. The van der Waals surface area contributed by atoms with Crippen LogP contribution in [0.15, 0.2) is 48.7 Å². The van der Waals surface area contributed by atoms with Gasteiger partial charge in [0.15, 0.2) is 6.10 Å². The Morgan fingerprint density at radius 1 is 1.06 bits per heavy atom. The highest BCUT2D eigenvalue weighted by atomic mass is 19.3. The zero-order chi connectivity index (χ0) is 34.8. The van der Waals surface area contributed by atoms with E-state index in [4.69, 9.17) is 18.9 Å². The summed E-state index contributed by atoms with van der Waals surface area (Å²) in [4.78, 5) is 27.2. The van der Waals surface area contributed by atoms with Crippen LogP contribution in [0.1, 0.15) is 32.8 Å². The highest BCUT2D eigenvalue weighted by Gasteiger charge is 2.48. The molecular weight excluding hydrogens is 636 g/mol. The van der Waals surface area contributed by atoms with Crippen molar-refractivity contribution in [3.8, 4) is 28.8 Å². The van der Waals surface area contributed by atoms with Crippen molar-refractivity contribution in [3.63, 3.8) is 0 Å². The van der Waals surface area contributed by atoms with E-state index in [9.17, 15) is 10.1 Å². The number of nitrogens with one attached hydrogen (secondary N) is 1. The topological polar surface area (TPSA) is 125 Å². The minimum Gasteiger partial charge on any atom is -0.494 e. The van der Waals surface area contributed by atoms with Crippen molar-refractivity contribution in [1.82, 2.24) is 19.8 Å². The molecule has 0 spiro atoms. The molecule has 1 atom stereocenters. The summed E-state index contributed by atoms with van der Waals surface area (Å²) in [6.45, 7) is 9.66. The summed E-state index contributed by atoms with van der Waals surface area (Å²) in [7, 11) is 1.61. The first kappa shape index (κ1) is 34.1. The number of benzene rings is 2. The van der Waals surface area contributed by atoms with E-state index in [0.717, 1.165) is 50.0 Å². The van der Waals surface area contributed by atoms with Crippen molar-refractivity contribution >= 4 is 23.4 Å². The minimum atomic E-state index is -3.35. The molecule has 14 heteroatoms. The second kappa shape index (κ2) is 14.0. The second-order valence-electron chi connectivity index (χ2n) is 13.4. The number of hydrogen-bond donors (Lipinski definition) is 1. The van der Waals surface area contributed by atoms with E-state index in [1.165, 1.54) is 6.07 Å². The van der Waals surface area contributed by atoms with Gasteiger partial charge in [-0.1, -0.05) is 0 Å². The number of carbonyl (C=O) groups is 1. The van der Waals surface area contributed by atoms with Crippen molar-refractivity contribution in [2.75, 3.05) is 69.8 Å². The smallest absolute Gasteiger partial charge is 0.410 e. The number of nitriles is 1. The number of methoxy groups -OCH3 is 1. The molecule has 0 radical (unpaired) electrons. The summed E-state index contributed by atoms with van der Waals surface area (Å²) < 4.78 is 52.3. The number of hydrogen-bond acceptors (Lipinski definition) is 11. The van der Waals surface area contributed by atoms with Crippen molar-refractivity contribution in [3.05, 3.63) is 54.2 Å². The Morgan fingerprint density at radius 2 is 1.84 bits per heavy atom. The van der Waals surface area contributed by atoms with Crippen molar-refractivity contribution in [1.29, 1.82) is 5.26 Å². The van der Waals surface area contributed by atoms with E-state index in [-0.39, 0.29) is 24.3 Å². The van der Waals surface area contributed by atoms with Gasteiger partial charge in [-0.25, -0.2) is 23.5 Å². The van der Waals surface area contributed by atoms with E-state index in [2.05, 4.69) is 25.1 Å². The Hall–Kier alpha value is -4.74. The number of anilines is 3. The minimum absolute atomic E-state index is 0.0253. The number of nitrogens with zero attached hydrogens (tertiary/aromatic N) is 6. The molecular formula is C35H41F2N7O5. The summed E-state index contributed by atoms with van der Waals surface area (Å²) in [5.74, 6) is -2.37. The fourth-order valence-electron chi connectivity index (χ4n) is 6.04. The first-order valence-electron chi connectivity index (χ1n) is 16.3. The third-order valence-corrected chi connectivity index (χ3v) is 8.75. The highest BCUT2D eigenvalue weighted by Crippen LogP contribution is 2.35. The lowest BCUT2D eigenvalue weighted by molar-refractivity contribution is -0.137. The fraction of sp³-hybridized carbons (Fsp3) is 0.486. The zero-order valence-electron chi connectivity index (χ0n) is 28.1. The average Bonchev–Trinajstić information content (AvgIpc) is 3.04. The molecule has 6 rings (SSSR count). The predicted molar refractivity (Wildman–Crippen MR) is 179 cm³/mol. The van der Waals surface area contributed by atoms with Gasteiger partial charge in [-0.15, -0.1) is 0 Å². The molecule has 2 aromatic carbocycles. The van der Waals surface area contributed by atoms with Gasteiger partial charge in [0.1, 0.15) is 23.2 Å². The van der Waals surface area contributed by atoms with Gasteiger partial charge in [0, 0.05) is 62.7 Å². The molecule has 0 saturated carbocycles. The predicted octanol–water partition coefficient (Wildman–Crippen LogP) is 5.31. The normalized spacial score (nSPS) is 19.8. The number of piperazine rings is 1. The van der Waals surface area contributed by atoms with Gasteiger partial charge in [-0.05, 0) is 57.2 Å². The Morgan fingerprint density at radius 3 is 2.49 bits per heavy atom. The summed E-state index contributed by atoms with van der Waals surface area (Å²) in [6, 6.07) is 14.9. The third-order valence-electron chi connectivity index (χ3n) is 8.75. The Balaban J connectivity index is 1.11. The molecule has 3 aliphatic rings. The molecule has 1 N–H and O–H groups in total. The van der Waals surface area contributed by atoms with Gasteiger partial charge in [0.05, 0.1) is 49.9 Å². The monoisotopic (exact) mass is 677 g/mol. The molecule has 3 aliphatic heterocycles. The molecule has 260 valence electrons. The summed E-state index contributed by atoms with van der Waals surface area (Å²) in [5.41, 5.74) is 2.13. The van der Waals surface area contributed by atoms with E-state index in [0.29, 0.717) is 34.7 Å². The van der Waals surface area contributed by atoms with Crippen LogP contribution in [0, 0.1) is 11.3 Å². The number of likely N-dealkylation sites (tertiary alicyclic amines) is 1. The standard InChI is InChI=1S/C35H41F2N7O5/c1-34(2,3)49-33(45)44-12-10-31(35(36,37)22-44)48-29-8-5-23(17-24(29)19-38)27-9-11-39-32(40-27)41-28-7-6-25(18-30(28)46-4)42-13-15-43(16-14-42)26-20-47-21-26/h5-9,11,17-18,26,31H,10,12-16,20-22H2,1-4H3,(H,39,40,41). The molecule has 3 aromatic rings. The Labute approximate surface area is 284 Å². The van der Waals surface area contributed by atoms with Gasteiger partial charge >= 0.3 is 12.0 Å². The quantitative estimate of drug-likeness (QED) is 0.334. The maximum absolute atomic E-state index is 15.1. The number of amides is 1. The molecule has 3 saturated heterocycles. The summed E-state index contributed by atoms with van der Waals surface area (Å²) in [6.07, 6.45) is -0.858. The molecule has 49 heavy (non-hydrogen) atoms. The largest absolute Gasteiger partial charge is 0.494 e. The van der Waals surface area contributed by atoms with E-state index in [1.807, 2.05) is 24.3 Å². The molecule has 1 aromatic heterocycles. The zero-order valence-corrected chi connectivity index (χ0v) is 28.1. The summed E-state index contributed by atoms with van der Waals surface area (Å²) in [5, 5.41) is 13.1. The molecule has 1 unspecified atom stereocenters. The average molecular weight is 678 g/mol. The number of aromatic nitrogens is 2. The summed E-state index contributed by atoms with van der Waals surface area (Å²) >= 11 is 0. The number of piperidine rings is 1. The third kappa shape index (κ3) is 7.95. The lowest BCUT2D eigenvalue weighted by Crippen LogP contribution is -2.56. The number of carbonyl (C=O) groups excluding carboxylic acids is 1. The van der Waals surface area contributed by atoms with Crippen LogP contribution in [0.3, 0.4) is 0 Å². The molecule has 0 aliphatic carbocycles. The maximum atomic E-state index is 15.1. The van der Waals surface area contributed by atoms with Crippen LogP contribution < -0.4 is 19.7 Å². The van der Waals surface area contributed by atoms with Crippen LogP contribution in [-0.4, -0.2) is 109 Å². The number of halogens is 2. The van der Waals surface area contributed by atoms with Gasteiger partial charge in [-0.2, -0.15) is 5.26 Å². The van der Waals surface area contributed by atoms with Gasteiger partial charge < -0.3 is 34.1 Å². The first-order valence-corrected chi connectivity index (χ1v) is 16.3. The fourth-order valence-corrected chi connectivity index (χ4v) is 6.04. The van der Waals surface area contributed by atoms with Gasteiger partial charge in [0.25, 0.3) is 0 Å². The highest BCUT2D eigenvalue weighted by molar-refractivity contribution is 5.70. The maximum Gasteiger partial charge on any atom is 0.410 e. The second-order valence-corrected chi connectivity index (χ2v) is 13.4. The van der Waals surface area contributed by atoms with E-state index < -0.39 is 30.3 Å². The SMILES string of the molecule is COc1cc(N2CCN(C3COC3)CC2)ccc1Nc1nccc(-c2ccc(OC3CCN(C(=O)OC(C)(C)C)CC3(F)F)c(C#N)c2)n1. The Bertz CT molecular complexity index is 1700. The lowest BCUT2D eigenvalue weighted by Gasteiger charge is -2.43. The van der Waals surface area contributed by atoms with Gasteiger partial charge in [-0.3, -0.25) is 4.90 Å². The molecule has 3 fully saturated rings. The first-order chi connectivity index (χ1) is 23.4. The molecule has 1 amide bonds. The van der Waals surface area contributed by atoms with Crippen LogP contribution in [-0.2, 0) is 9.47 Å². The Kier molecular flexibility index (Phi) is 9.76. The van der Waals surface area contributed by atoms with Crippen LogP contribution in [0.2, 0.25) is 0 Å². The van der Waals surface area contributed by atoms with E-state index in [1.54, 1.807) is 52.3 Å². The lowest BCUT2D eigenvalue weighted by atomic mass is 10.0. The van der Waals surface area contributed by atoms with Crippen molar-refractivity contribution < 1.29 is 32.5 Å². The van der Waals surface area contributed by atoms with Crippen LogP contribution in [0.4, 0.5) is 30.9 Å². The molecule has 12 nitrogen and oxygen atoms in total. The number of rotatable bonds is 8. The van der Waals surface area contributed by atoms with Gasteiger partial charge in [0.2, 0.25) is 5.95 Å². The van der Waals surface area contributed by atoms with Crippen molar-refractivity contribution in [2.45, 2.75) is 50.9 Å². The molecule has 4 heterocycles.